The summed E-state index contributed by atoms with van der Waals surface area (Å²) in [4.78, 5) is 0. The average Bonchev–Trinajstić information content (AvgIpc) is 1.54. The Morgan fingerprint density at radius 1 is 0.196 bits per heavy atom. The third kappa shape index (κ3) is 7.15. The normalized spacial score (nSPS) is 12.4. The monoisotopic (exact) mass is 1410 g/mol. The fourth-order valence-electron chi connectivity index (χ4n) is 21.1. The van der Waals surface area contributed by atoms with Crippen LogP contribution in [0.5, 0.6) is 0 Å². The third-order valence-electron chi connectivity index (χ3n) is 25.4. The van der Waals surface area contributed by atoms with Crippen LogP contribution >= 0.6 is 0 Å². The minimum atomic E-state index is 0.379. The first-order valence-electron chi connectivity index (χ1n) is 37.9. The summed E-state index contributed by atoms with van der Waals surface area (Å²) in [6.45, 7) is 0. The molecule has 0 aliphatic heterocycles. The fraction of sp³-hybridized carbons (Fsp3) is 0. The number of para-hydroxylation sites is 3. The summed E-state index contributed by atoms with van der Waals surface area (Å²) in [5.74, 6) is 0. The number of hydrogen-bond acceptors (Lipinski definition) is 4. The largest absolute Gasteiger partial charge is 0.307 e. The summed E-state index contributed by atoms with van der Waals surface area (Å²) in [5, 5.41) is 66.2. The molecule has 4 aromatic heterocycles. The number of nitriles is 4. The quantitative estimate of drug-likeness (QED) is 0.171. The number of benzene rings is 18. The molecule has 0 bridgehead atoms. The first kappa shape index (κ1) is 59.3. The summed E-state index contributed by atoms with van der Waals surface area (Å²) in [7, 11) is 0. The van der Waals surface area contributed by atoms with Crippen molar-refractivity contribution in [1.29, 1.82) is 21.0 Å². The van der Waals surface area contributed by atoms with Crippen molar-refractivity contribution in [3.63, 3.8) is 0 Å². The predicted molar refractivity (Wildman–Crippen MR) is 456 cm³/mol. The van der Waals surface area contributed by atoms with Gasteiger partial charge in [-0.2, -0.15) is 21.0 Å². The number of hydrogen-bond donors (Lipinski definition) is 0. The molecule has 0 radical (unpaired) electrons. The zero-order valence-corrected chi connectivity index (χ0v) is 59.4. The van der Waals surface area contributed by atoms with Gasteiger partial charge in [0.15, 0.2) is 0 Å². The molecule has 506 valence electrons. The Bertz CT molecular complexity index is 8570. The highest BCUT2D eigenvalue weighted by Gasteiger charge is 2.36. The van der Waals surface area contributed by atoms with Gasteiger partial charge in [0.1, 0.15) is 23.8 Å². The lowest BCUT2D eigenvalue weighted by molar-refractivity contribution is 1.09. The van der Waals surface area contributed by atoms with E-state index in [2.05, 4.69) is 328 Å². The maximum Gasteiger partial charge on any atom is 0.104 e. The van der Waals surface area contributed by atoms with E-state index in [1.165, 1.54) is 44.5 Å². The van der Waals surface area contributed by atoms with Crippen molar-refractivity contribution < 1.29 is 0 Å². The molecular formula is C104H50N8. The second-order valence-corrected chi connectivity index (χ2v) is 30.4. The predicted octanol–water partition coefficient (Wildman–Crippen LogP) is 26.4. The first-order chi connectivity index (χ1) is 55.5. The SMILES string of the molecule is N#Cc1cc(-n2c3ccccc3c3cc4c5c(cccc5c32)-c2ccccc2-4)c(C#N)c(-n2c3ccc(-c4cc(C#N)c(-n5c6ccccc6c6cc7c8c(cccc8c65)-c5ccccc5-7)c(-n5c6ccccc6c6cc7c8c(cccc8c65)-c5ccccc5-7)c4C#N)cc3c3cc4c5c(cccc5c32)-c2ccccc2-4)c1. The summed E-state index contributed by atoms with van der Waals surface area (Å²) in [6, 6.07) is 119. The lowest BCUT2D eigenvalue weighted by atomic mass is 9.92. The number of rotatable bonds is 5. The zero-order valence-electron chi connectivity index (χ0n) is 59.4. The summed E-state index contributed by atoms with van der Waals surface area (Å²) in [6.07, 6.45) is 0. The van der Waals surface area contributed by atoms with E-state index >= 15 is 0 Å². The Kier molecular flexibility index (Phi) is 11.2. The fourth-order valence-corrected chi connectivity index (χ4v) is 21.1. The van der Waals surface area contributed by atoms with Gasteiger partial charge in [-0.15, -0.1) is 0 Å². The van der Waals surface area contributed by atoms with Gasteiger partial charge in [0, 0.05) is 70.2 Å². The van der Waals surface area contributed by atoms with Crippen LogP contribution in [0.2, 0.25) is 0 Å². The van der Waals surface area contributed by atoms with Gasteiger partial charge in [-0.3, -0.25) is 0 Å². The van der Waals surface area contributed by atoms with Gasteiger partial charge in [0.25, 0.3) is 0 Å². The summed E-state index contributed by atoms with van der Waals surface area (Å²) >= 11 is 0. The topological polar surface area (TPSA) is 115 Å². The molecule has 4 aliphatic rings. The van der Waals surface area contributed by atoms with E-state index in [4.69, 9.17) is 0 Å². The second kappa shape index (κ2) is 21.1. The highest BCUT2D eigenvalue weighted by atomic mass is 15.1. The number of aromatic nitrogens is 4. The van der Waals surface area contributed by atoms with E-state index in [0.29, 0.717) is 50.6 Å². The van der Waals surface area contributed by atoms with E-state index in [1.54, 1.807) is 0 Å². The molecule has 0 saturated carbocycles. The van der Waals surface area contributed by atoms with Gasteiger partial charge in [0.2, 0.25) is 0 Å². The van der Waals surface area contributed by atoms with Crippen LogP contribution in [0.4, 0.5) is 0 Å². The van der Waals surface area contributed by atoms with Crippen LogP contribution in [0.15, 0.2) is 303 Å². The highest BCUT2D eigenvalue weighted by molar-refractivity contribution is 6.33. The molecule has 4 aliphatic carbocycles. The molecule has 0 amide bonds. The van der Waals surface area contributed by atoms with Crippen molar-refractivity contribution in [2.45, 2.75) is 0 Å². The molecular weight excluding hydrogens is 1360 g/mol. The number of fused-ring (bicyclic) bond motifs is 28. The van der Waals surface area contributed by atoms with Crippen LogP contribution in [0.25, 0.3) is 253 Å². The summed E-state index contributed by atoms with van der Waals surface area (Å²) in [5.41, 5.74) is 30.9. The summed E-state index contributed by atoms with van der Waals surface area (Å²) < 4.78 is 9.10. The van der Waals surface area contributed by atoms with Gasteiger partial charge in [-0.1, -0.05) is 231 Å². The molecule has 0 saturated heterocycles. The molecule has 112 heavy (non-hydrogen) atoms. The van der Waals surface area contributed by atoms with Crippen molar-refractivity contribution in [3.05, 3.63) is 326 Å². The zero-order chi connectivity index (χ0) is 73.4. The van der Waals surface area contributed by atoms with E-state index in [9.17, 15) is 21.0 Å². The molecule has 0 unspecified atom stereocenters. The van der Waals surface area contributed by atoms with Gasteiger partial charge < -0.3 is 18.3 Å². The van der Waals surface area contributed by atoms with E-state index in [0.717, 1.165) is 180 Å². The molecule has 0 spiro atoms. The molecule has 8 nitrogen and oxygen atoms in total. The maximum atomic E-state index is 13.0. The van der Waals surface area contributed by atoms with Crippen LogP contribution in [-0.4, -0.2) is 18.3 Å². The van der Waals surface area contributed by atoms with Crippen LogP contribution in [-0.2, 0) is 0 Å². The van der Waals surface area contributed by atoms with Crippen molar-refractivity contribution in [2.75, 3.05) is 0 Å². The standard InChI is InChI=1S/C104H50N8/c105-51-55-43-93(109-89-38-12-9-27-66(89)83-47-79-62-23-5-1-19-58(62)69-30-15-34-73(95(69)79)100(83)109)88(54-108)94(44-55)110-92-42-41-56(45-78(92)86-50-82-65-26-8-4-22-61(65)70-31-16-35-74(96(70)82)101(86)110)77-46-57(52-106)99(111-90-39-13-10-28-67(90)84-48-80-63-24-6-2-20-59(63)71-32-17-36-75(97(71)80)102(84)111)104(87(77)53-107)112-91-40-14-11-29-68(91)85-49-81-64-25-7-3-21-60(64)72-33-18-37-76(98(72)81)103(85)112/h1-50H. The molecule has 0 N–H and O–H groups in total. The minimum absolute atomic E-state index is 0.379. The third-order valence-corrected chi connectivity index (χ3v) is 25.4. The molecule has 4 heterocycles. The van der Waals surface area contributed by atoms with E-state index in [-0.39, 0.29) is 0 Å². The van der Waals surface area contributed by atoms with Crippen molar-refractivity contribution in [3.8, 4) is 147 Å². The molecule has 22 aromatic rings. The molecule has 0 fully saturated rings. The Balaban J connectivity index is 0.797. The Labute approximate surface area is 638 Å². The smallest absolute Gasteiger partial charge is 0.104 e. The molecule has 8 heteroatoms. The van der Waals surface area contributed by atoms with Gasteiger partial charge >= 0.3 is 0 Å². The first-order valence-corrected chi connectivity index (χ1v) is 37.9. The molecule has 26 rings (SSSR count). The Morgan fingerprint density at radius 3 is 0.884 bits per heavy atom. The van der Waals surface area contributed by atoms with Crippen LogP contribution in [0, 0.1) is 45.3 Å². The van der Waals surface area contributed by atoms with E-state index < -0.39 is 0 Å². The Morgan fingerprint density at radius 2 is 0.509 bits per heavy atom. The van der Waals surface area contributed by atoms with Gasteiger partial charge in [0.05, 0.1) is 89.6 Å². The molecule has 0 atom stereocenters. The molecule has 18 aromatic carbocycles. The highest BCUT2D eigenvalue weighted by Crippen LogP contribution is 2.58. The maximum absolute atomic E-state index is 13.0. The Hall–Kier alpha value is -15.8. The van der Waals surface area contributed by atoms with Gasteiger partial charge in [-0.05, 0) is 189 Å². The van der Waals surface area contributed by atoms with Crippen LogP contribution in [0.3, 0.4) is 0 Å². The lowest BCUT2D eigenvalue weighted by Crippen LogP contribution is -2.10. The average molecular weight is 1410 g/mol. The minimum Gasteiger partial charge on any atom is -0.307 e. The van der Waals surface area contributed by atoms with Crippen molar-refractivity contribution >= 4 is 130 Å². The van der Waals surface area contributed by atoms with Crippen molar-refractivity contribution in [1.82, 2.24) is 18.3 Å². The van der Waals surface area contributed by atoms with Gasteiger partial charge in [-0.25, -0.2) is 0 Å². The van der Waals surface area contributed by atoms with E-state index in [1.807, 2.05) is 18.2 Å². The van der Waals surface area contributed by atoms with Crippen LogP contribution in [0.1, 0.15) is 22.3 Å². The second-order valence-electron chi connectivity index (χ2n) is 30.4. The van der Waals surface area contributed by atoms with Crippen LogP contribution < -0.4 is 0 Å². The van der Waals surface area contributed by atoms with Crippen molar-refractivity contribution in [2.24, 2.45) is 0 Å². The lowest BCUT2D eigenvalue weighted by Gasteiger charge is -2.23. The number of nitrogens with zero attached hydrogens (tertiary/aromatic N) is 8.